The van der Waals surface area contributed by atoms with Crippen molar-refractivity contribution in [3.05, 3.63) is 75.5 Å². The van der Waals surface area contributed by atoms with Crippen LogP contribution in [0.4, 0.5) is 5.69 Å². The molecule has 0 aliphatic carbocycles. The van der Waals surface area contributed by atoms with Crippen LogP contribution in [0, 0.1) is 0 Å². The zero-order valence-electron chi connectivity index (χ0n) is 15.3. The first-order valence-corrected chi connectivity index (χ1v) is 9.73. The summed E-state index contributed by atoms with van der Waals surface area (Å²) in [5, 5.41) is 5.09. The number of nitrogens with one attached hydrogen (secondary N) is 1. The van der Waals surface area contributed by atoms with Gasteiger partial charge >= 0.3 is 0 Å². The summed E-state index contributed by atoms with van der Waals surface area (Å²) in [5.74, 6) is -0.439. The highest BCUT2D eigenvalue weighted by Crippen LogP contribution is 2.27. The number of methoxy groups -OCH3 is 1. The van der Waals surface area contributed by atoms with Gasteiger partial charge in [0.25, 0.3) is 5.91 Å². The maximum absolute atomic E-state index is 12.8. The van der Waals surface area contributed by atoms with Crippen molar-refractivity contribution in [3.63, 3.8) is 0 Å². The lowest BCUT2D eigenvalue weighted by Gasteiger charge is -2.27. The standard InChI is InChI=1S/C20H18ClN3O3S/c1-20(27-2,13-3-5-14(21)6-4-13)19(26)24-16-8-7-15(22-10-16)9-18(25)17-11-28-12-23-17/h3-8,10-12H,9H2,1-2H3,(H,24,26). The largest absolute Gasteiger partial charge is 0.364 e. The summed E-state index contributed by atoms with van der Waals surface area (Å²) in [5.41, 5.74) is 2.64. The van der Waals surface area contributed by atoms with Crippen LogP contribution >= 0.6 is 22.9 Å². The van der Waals surface area contributed by atoms with E-state index in [0.29, 0.717) is 27.7 Å². The molecule has 1 amide bonds. The maximum atomic E-state index is 12.8. The van der Waals surface area contributed by atoms with Gasteiger partial charge in [-0.05, 0) is 36.8 Å². The number of hydrogen-bond acceptors (Lipinski definition) is 6. The van der Waals surface area contributed by atoms with E-state index in [0.717, 1.165) is 0 Å². The minimum absolute atomic E-state index is 0.0970. The molecule has 0 saturated carbocycles. The number of thiazole rings is 1. The third kappa shape index (κ3) is 4.44. The van der Waals surface area contributed by atoms with Gasteiger partial charge in [0.05, 0.1) is 23.8 Å². The highest BCUT2D eigenvalue weighted by molar-refractivity contribution is 7.07. The van der Waals surface area contributed by atoms with Gasteiger partial charge in [-0.25, -0.2) is 4.98 Å². The van der Waals surface area contributed by atoms with Gasteiger partial charge in [0.15, 0.2) is 11.4 Å². The number of halogens is 1. The second kappa shape index (κ2) is 8.60. The Bertz CT molecular complexity index is 959. The molecule has 1 aromatic carbocycles. The number of carbonyl (C=O) groups is 2. The van der Waals surface area contributed by atoms with E-state index in [1.165, 1.54) is 24.6 Å². The number of pyridine rings is 1. The normalized spacial score (nSPS) is 13.0. The fraction of sp³-hybridized carbons (Fsp3) is 0.200. The van der Waals surface area contributed by atoms with Crippen LogP contribution in [0.2, 0.25) is 5.02 Å². The molecule has 0 radical (unpaired) electrons. The van der Waals surface area contributed by atoms with Crippen LogP contribution in [0.1, 0.15) is 28.7 Å². The van der Waals surface area contributed by atoms with Crippen LogP contribution in [0.5, 0.6) is 0 Å². The predicted octanol–water partition coefficient (Wildman–Crippen LogP) is 4.12. The lowest BCUT2D eigenvalue weighted by Crippen LogP contribution is -2.39. The monoisotopic (exact) mass is 415 g/mol. The van der Waals surface area contributed by atoms with Crippen LogP contribution < -0.4 is 5.32 Å². The summed E-state index contributed by atoms with van der Waals surface area (Å²) >= 11 is 7.29. The van der Waals surface area contributed by atoms with Crippen LogP contribution in [-0.2, 0) is 21.6 Å². The van der Waals surface area contributed by atoms with Crippen molar-refractivity contribution in [2.75, 3.05) is 12.4 Å². The molecule has 2 aromatic heterocycles. The van der Waals surface area contributed by atoms with E-state index in [1.807, 2.05) is 0 Å². The van der Waals surface area contributed by atoms with Gasteiger partial charge < -0.3 is 10.1 Å². The summed E-state index contributed by atoms with van der Waals surface area (Å²) in [6, 6.07) is 10.3. The number of ketones is 1. The second-order valence-corrected chi connectivity index (χ2v) is 7.37. The third-order valence-corrected chi connectivity index (χ3v) is 5.22. The number of Topliss-reactive ketones (excluding diaryl/α,β-unsaturated/α-hetero) is 1. The highest BCUT2D eigenvalue weighted by Gasteiger charge is 2.35. The van der Waals surface area contributed by atoms with Crippen LogP contribution in [0.15, 0.2) is 53.5 Å². The maximum Gasteiger partial charge on any atom is 0.261 e. The van der Waals surface area contributed by atoms with Gasteiger partial charge in [-0.3, -0.25) is 14.6 Å². The van der Waals surface area contributed by atoms with E-state index >= 15 is 0 Å². The molecular weight excluding hydrogens is 398 g/mol. The molecule has 3 rings (SSSR count). The summed E-state index contributed by atoms with van der Waals surface area (Å²) in [6.45, 7) is 1.68. The Morgan fingerprint density at radius 2 is 1.93 bits per heavy atom. The van der Waals surface area contributed by atoms with E-state index in [2.05, 4.69) is 15.3 Å². The fourth-order valence-corrected chi connectivity index (χ4v) is 3.25. The molecule has 1 N–H and O–H groups in total. The van der Waals surface area contributed by atoms with Crippen LogP contribution in [0.25, 0.3) is 0 Å². The molecule has 0 bridgehead atoms. The first-order chi connectivity index (χ1) is 13.4. The zero-order chi connectivity index (χ0) is 20.1. The molecule has 0 fully saturated rings. The number of anilines is 1. The number of aromatic nitrogens is 2. The van der Waals surface area contributed by atoms with E-state index in [-0.39, 0.29) is 18.1 Å². The second-order valence-electron chi connectivity index (χ2n) is 6.21. The molecule has 144 valence electrons. The Kier molecular flexibility index (Phi) is 6.18. The number of carbonyl (C=O) groups excluding carboxylic acids is 2. The summed E-state index contributed by atoms with van der Waals surface area (Å²) in [4.78, 5) is 33.2. The first-order valence-electron chi connectivity index (χ1n) is 8.41. The van der Waals surface area contributed by atoms with Gasteiger partial charge in [0.1, 0.15) is 5.69 Å². The topological polar surface area (TPSA) is 81.2 Å². The van der Waals surface area contributed by atoms with Gasteiger partial charge in [0.2, 0.25) is 0 Å². The van der Waals surface area contributed by atoms with E-state index in [4.69, 9.17) is 16.3 Å². The summed E-state index contributed by atoms with van der Waals surface area (Å²) < 4.78 is 5.49. The Hall–Kier alpha value is -2.61. The average Bonchev–Trinajstić information content (AvgIpc) is 3.24. The molecular formula is C20H18ClN3O3S. The third-order valence-electron chi connectivity index (χ3n) is 4.38. The van der Waals surface area contributed by atoms with Crippen molar-refractivity contribution in [2.45, 2.75) is 18.9 Å². The molecule has 3 aromatic rings. The summed E-state index contributed by atoms with van der Waals surface area (Å²) in [7, 11) is 1.47. The van der Waals surface area contributed by atoms with Crippen molar-refractivity contribution in [1.82, 2.24) is 9.97 Å². The number of amides is 1. The Balaban J connectivity index is 1.69. The van der Waals surface area contributed by atoms with Gasteiger partial charge in [-0.1, -0.05) is 23.7 Å². The predicted molar refractivity (Wildman–Crippen MR) is 109 cm³/mol. The lowest BCUT2D eigenvalue weighted by molar-refractivity contribution is -0.136. The molecule has 0 spiro atoms. The molecule has 1 atom stereocenters. The van der Waals surface area contributed by atoms with Crippen molar-refractivity contribution >= 4 is 40.3 Å². The van der Waals surface area contributed by atoms with Crippen molar-refractivity contribution in [3.8, 4) is 0 Å². The van der Waals surface area contributed by atoms with Crippen molar-refractivity contribution in [1.29, 1.82) is 0 Å². The summed E-state index contributed by atoms with van der Waals surface area (Å²) in [6.07, 6.45) is 1.66. The molecule has 8 heteroatoms. The van der Waals surface area contributed by atoms with Gasteiger partial charge in [-0.2, -0.15) is 0 Å². The number of rotatable bonds is 7. The smallest absolute Gasteiger partial charge is 0.261 e. The van der Waals surface area contributed by atoms with Crippen molar-refractivity contribution in [2.24, 2.45) is 0 Å². The SMILES string of the molecule is COC(C)(C(=O)Nc1ccc(CC(=O)c2cscn2)nc1)c1ccc(Cl)cc1. The van der Waals surface area contributed by atoms with Crippen molar-refractivity contribution < 1.29 is 14.3 Å². The molecule has 1 unspecified atom stereocenters. The first kappa shape index (κ1) is 20.1. The minimum Gasteiger partial charge on any atom is -0.364 e. The number of ether oxygens (including phenoxy) is 1. The Morgan fingerprint density at radius 3 is 2.50 bits per heavy atom. The Morgan fingerprint density at radius 1 is 1.18 bits per heavy atom. The van der Waals surface area contributed by atoms with E-state index in [1.54, 1.807) is 54.2 Å². The van der Waals surface area contributed by atoms with Gasteiger partial charge in [-0.15, -0.1) is 11.3 Å². The quantitative estimate of drug-likeness (QED) is 0.587. The molecule has 0 aliphatic rings. The molecule has 6 nitrogen and oxygen atoms in total. The van der Waals surface area contributed by atoms with Crippen LogP contribution in [0.3, 0.4) is 0 Å². The average molecular weight is 416 g/mol. The minimum atomic E-state index is -1.19. The van der Waals surface area contributed by atoms with E-state index in [9.17, 15) is 9.59 Å². The number of hydrogen-bond donors (Lipinski definition) is 1. The van der Waals surface area contributed by atoms with E-state index < -0.39 is 5.60 Å². The lowest BCUT2D eigenvalue weighted by atomic mass is 9.94. The molecule has 2 heterocycles. The Labute approximate surface area is 171 Å². The number of nitrogens with zero attached hydrogens (tertiary/aromatic N) is 2. The number of benzene rings is 1. The molecule has 0 aliphatic heterocycles. The molecule has 0 saturated heterocycles. The van der Waals surface area contributed by atoms with Crippen LogP contribution in [-0.4, -0.2) is 28.8 Å². The van der Waals surface area contributed by atoms with Gasteiger partial charge in [0, 0.05) is 23.2 Å². The zero-order valence-corrected chi connectivity index (χ0v) is 16.9. The fourth-order valence-electron chi connectivity index (χ4n) is 2.57. The highest BCUT2D eigenvalue weighted by atomic mass is 35.5. The molecule has 28 heavy (non-hydrogen) atoms.